The van der Waals surface area contributed by atoms with E-state index in [1.54, 1.807) is 0 Å². The Kier molecular flexibility index (Phi) is 4.45. The minimum absolute atomic E-state index is 0.215. The van der Waals surface area contributed by atoms with E-state index in [1.807, 2.05) is 6.92 Å². The first-order valence-electron chi connectivity index (χ1n) is 9.40. The molecule has 0 bridgehead atoms. The van der Waals surface area contributed by atoms with Gasteiger partial charge >= 0.3 is 0 Å². The molecule has 3 fully saturated rings. The molecule has 0 unspecified atom stereocenters. The van der Waals surface area contributed by atoms with Crippen LogP contribution in [0.4, 0.5) is 0 Å². The molecule has 0 aromatic rings. The van der Waals surface area contributed by atoms with E-state index < -0.39 is 5.60 Å². The number of hydrogen-bond acceptors (Lipinski definition) is 1. The molecule has 0 aliphatic heterocycles. The van der Waals surface area contributed by atoms with Gasteiger partial charge in [0.2, 0.25) is 5.54 Å². The molecule has 23 heavy (non-hydrogen) atoms. The largest absolute Gasteiger partial charge is 0.382 e. The third-order valence-electron chi connectivity index (χ3n) is 7.35. The van der Waals surface area contributed by atoms with Crippen LogP contribution in [-0.2, 0) is 0 Å². The monoisotopic (exact) mass is 314 g/mol. The van der Waals surface area contributed by atoms with Gasteiger partial charge in [-0.3, -0.25) is 0 Å². The molecule has 3 rings (SSSR count). The SMILES string of the molecule is [C-]#[N+][C@@H]1[C@@H]2[C@@H](C3CCCCC3)CC[C@](C)([N+]#[C-])[C@H]2CC[C@@]1(C)O. The number of fused-ring (bicyclic) bond motifs is 1. The lowest BCUT2D eigenvalue weighted by atomic mass is 9.51. The van der Waals surface area contributed by atoms with Crippen LogP contribution in [0.15, 0.2) is 0 Å². The summed E-state index contributed by atoms with van der Waals surface area (Å²) in [6.45, 7) is 19.4. The van der Waals surface area contributed by atoms with Gasteiger partial charge in [0.1, 0.15) is 5.60 Å². The van der Waals surface area contributed by atoms with Crippen LogP contribution in [0.2, 0.25) is 0 Å². The molecule has 0 radical (unpaired) electrons. The van der Waals surface area contributed by atoms with Gasteiger partial charge in [0.05, 0.1) is 5.92 Å². The molecule has 3 nitrogen and oxygen atoms in total. The third kappa shape index (κ3) is 2.78. The molecule has 0 spiro atoms. The molecule has 3 aliphatic rings. The average Bonchev–Trinajstić information content (AvgIpc) is 2.55. The van der Waals surface area contributed by atoms with Crippen molar-refractivity contribution in [2.45, 2.75) is 88.8 Å². The Morgan fingerprint density at radius 2 is 1.65 bits per heavy atom. The maximum absolute atomic E-state index is 10.8. The number of rotatable bonds is 1. The molecular weight excluding hydrogens is 284 g/mol. The van der Waals surface area contributed by atoms with E-state index in [9.17, 15) is 5.11 Å². The second-order valence-electron chi connectivity index (χ2n) is 8.72. The average molecular weight is 314 g/mol. The zero-order chi connectivity index (χ0) is 16.7. The zero-order valence-electron chi connectivity index (χ0n) is 14.6. The van der Waals surface area contributed by atoms with Gasteiger partial charge in [-0.05, 0) is 38.0 Å². The predicted molar refractivity (Wildman–Crippen MR) is 91.5 cm³/mol. The van der Waals surface area contributed by atoms with Gasteiger partial charge in [0, 0.05) is 19.3 Å². The summed E-state index contributed by atoms with van der Waals surface area (Å²) in [6.07, 6.45) is 10.2. The Morgan fingerprint density at radius 3 is 2.26 bits per heavy atom. The van der Waals surface area contributed by atoms with E-state index in [-0.39, 0.29) is 17.5 Å². The number of nitrogens with zero attached hydrogens (tertiary/aromatic N) is 2. The Morgan fingerprint density at radius 1 is 0.957 bits per heavy atom. The first kappa shape index (κ1) is 16.8. The molecule has 126 valence electrons. The second-order valence-corrected chi connectivity index (χ2v) is 8.72. The van der Waals surface area contributed by atoms with Crippen molar-refractivity contribution < 1.29 is 5.11 Å². The van der Waals surface area contributed by atoms with Crippen molar-refractivity contribution in [3.63, 3.8) is 0 Å². The van der Waals surface area contributed by atoms with Gasteiger partial charge < -0.3 is 14.8 Å². The lowest BCUT2D eigenvalue weighted by Gasteiger charge is -2.51. The highest BCUT2D eigenvalue weighted by atomic mass is 16.3. The third-order valence-corrected chi connectivity index (χ3v) is 7.35. The fourth-order valence-corrected chi connectivity index (χ4v) is 5.99. The van der Waals surface area contributed by atoms with Crippen molar-refractivity contribution in [2.24, 2.45) is 23.7 Å². The van der Waals surface area contributed by atoms with Crippen LogP contribution in [-0.4, -0.2) is 22.3 Å². The number of aliphatic hydroxyl groups is 1. The van der Waals surface area contributed by atoms with E-state index in [0.29, 0.717) is 24.2 Å². The summed E-state index contributed by atoms with van der Waals surface area (Å²) in [5, 5.41) is 10.8. The molecule has 1 N–H and O–H groups in total. The lowest BCUT2D eigenvalue weighted by molar-refractivity contribution is -0.0829. The second kappa shape index (κ2) is 6.10. The maximum atomic E-state index is 10.8. The first-order chi connectivity index (χ1) is 10.9. The predicted octanol–water partition coefficient (Wildman–Crippen LogP) is 4.72. The van der Waals surface area contributed by atoms with Crippen molar-refractivity contribution in [1.29, 1.82) is 0 Å². The van der Waals surface area contributed by atoms with Crippen LogP contribution in [0.1, 0.15) is 71.6 Å². The van der Waals surface area contributed by atoms with Gasteiger partial charge in [-0.2, -0.15) is 0 Å². The molecule has 0 saturated heterocycles. The van der Waals surface area contributed by atoms with E-state index in [4.69, 9.17) is 13.1 Å². The van der Waals surface area contributed by atoms with Gasteiger partial charge in [0.15, 0.2) is 0 Å². The Labute approximate surface area is 141 Å². The zero-order valence-corrected chi connectivity index (χ0v) is 14.6. The highest BCUT2D eigenvalue weighted by Crippen LogP contribution is 2.56. The van der Waals surface area contributed by atoms with Crippen molar-refractivity contribution in [3.8, 4) is 0 Å². The van der Waals surface area contributed by atoms with Crippen molar-refractivity contribution in [1.82, 2.24) is 0 Å². The Balaban J connectivity index is 1.96. The summed E-state index contributed by atoms with van der Waals surface area (Å²) in [7, 11) is 0. The smallest absolute Gasteiger partial charge is 0.255 e. The molecule has 6 atom stereocenters. The minimum atomic E-state index is -0.879. The summed E-state index contributed by atoms with van der Waals surface area (Å²) >= 11 is 0. The Hall–Kier alpha value is -1.06. The molecule has 0 aromatic carbocycles. The van der Waals surface area contributed by atoms with Crippen LogP contribution in [0.3, 0.4) is 0 Å². The van der Waals surface area contributed by atoms with Gasteiger partial charge in [-0.15, -0.1) is 0 Å². The fraction of sp³-hybridized carbons (Fsp3) is 0.900. The molecule has 0 heterocycles. The molecule has 3 saturated carbocycles. The topological polar surface area (TPSA) is 29.0 Å². The summed E-state index contributed by atoms with van der Waals surface area (Å²) < 4.78 is 0. The summed E-state index contributed by atoms with van der Waals surface area (Å²) in [5.41, 5.74) is -1.20. The van der Waals surface area contributed by atoms with Crippen LogP contribution >= 0.6 is 0 Å². The minimum Gasteiger partial charge on any atom is -0.382 e. The lowest BCUT2D eigenvalue weighted by Crippen LogP contribution is -2.59. The van der Waals surface area contributed by atoms with Crippen molar-refractivity contribution >= 4 is 0 Å². The van der Waals surface area contributed by atoms with E-state index >= 15 is 0 Å². The molecule has 3 heteroatoms. The summed E-state index contributed by atoms with van der Waals surface area (Å²) in [5.74, 6) is 1.76. The van der Waals surface area contributed by atoms with Gasteiger partial charge in [0.25, 0.3) is 6.04 Å². The standard InChI is InChI=1S/C20H30N2O/c1-19(22-4)12-10-15(14-8-6-5-7-9-14)17-16(19)11-13-20(2,23)18(17)21-3/h14-18,23H,5-13H2,1-2H3/t15-,16+,17-,18-,19+,20-/m1/s1. The fourth-order valence-electron chi connectivity index (χ4n) is 5.99. The highest BCUT2D eigenvalue weighted by Gasteiger charge is 2.63. The van der Waals surface area contributed by atoms with Crippen molar-refractivity contribution in [2.75, 3.05) is 0 Å². The van der Waals surface area contributed by atoms with Crippen LogP contribution < -0.4 is 0 Å². The maximum Gasteiger partial charge on any atom is 0.255 e. The first-order valence-corrected chi connectivity index (χ1v) is 9.40. The molecule has 0 amide bonds. The van der Waals surface area contributed by atoms with Crippen LogP contribution in [0.5, 0.6) is 0 Å². The van der Waals surface area contributed by atoms with E-state index in [2.05, 4.69) is 16.6 Å². The quantitative estimate of drug-likeness (QED) is 0.697. The molecular formula is C20H30N2O. The molecule has 0 aromatic heterocycles. The number of hydrogen-bond donors (Lipinski definition) is 1. The normalized spacial score (nSPS) is 48.0. The van der Waals surface area contributed by atoms with Gasteiger partial charge in [-0.1, -0.05) is 32.1 Å². The van der Waals surface area contributed by atoms with Crippen molar-refractivity contribution in [3.05, 3.63) is 22.8 Å². The Bertz CT molecular complexity index is 523. The van der Waals surface area contributed by atoms with Gasteiger partial charge in [-0.25, -0.2) is 13.1 Å². The van der Waals surface area contributed by atoms with E-state index in [0.717, 1.165) is 19.3 Å². The highest BCUT2D eigenvalue weighted by molar-refractivity contribution is 5.17. The van der Waals surface area contributed by atoms with Crippen LogP contribution in [0, 0.1) is 36.8 Å². The molecule has 3 aliphatic carbocycles. The van der Waals surface area contributed by atoms with Crippen LogP contribution in [0.25, 0.3) is 9.69 Å². The van der Waals surface area contributed by atoms with E-state index in [1.165, 1.54) is 32.1 Å². The summed E-state index contributed by atoms with van der Waals surface area (Å²) in [6, 6.07) is -0.324. The summed E-state index contributed by atoms with van der Waals surface area (Å²) in [4.78, 5) is 7.95.